The number of unbranched alkanes of at least 4 members (excludes halogenated alkanes) is 2. The normalized spacial score (nSPS) is 12.1. The largest absolute Gasteiger partial charge is 0.466 e. The van der Waals surface area contributed by atoms with Gasteiger partial charge < -0.3 is 4.74 Å². The Morgan fingerprint density at radius 1 is 1.24 bits per heavy atom. The van der Waals surface area contributed by atoms with Crippen LogP contribution in [0.25, 0.3) is 0 Å². The zero-order valence-corrected chi connectivity index (χ0v) is 11.8. The van der Waals surface area contributed by atoms with E-state index in [0.717, 1.165) is 25.7 Å². The summed E-state index contributed by atoms with van der Waals surface area (Å²) < 4.78 is 4.88. The molecule has 0 N–H and O–H groups in total. The molecule has 1 unspecified atom stereocenters. The van der Waals surface area contributed by atoms with Gasteiger partial charge >= 0.3 is 5.97 Å². The number of carbonyl (C=O) groups excluding carboxylic acids is 1. The molecule has 1 atom stereocenters. The van der Waals surface area contributed by atoms with Crippen molar-refractivity contribution in [2.24, 2.45) is 0 Å². The summed E-state index contributed by atoms with van der Waals surface area (Å²) in [6, 6.07) is 10.4. The molecule has 3 heteroatoms. The summed E-state index contributed by atoms with van der Waals surface area (Å²) in [5.74, 6) is -0.187. The number of alkyl halides is 1. The molecule has 17 heavy (non-hydrogen) atoms. The SMILES string of the molecule is CC(=O)OCCCCCC(Br)c1ccccc1. The molecule has 94 valence electrons. The van der Waals surface area contributed by atoms with Crippen molar-refractivity contribution in [2.45, 2.75) is 37.4 Å². The fourth-order valence-corrected chi connectivity index (χ4v) is 2.28. The van der Waals surface area contributed by atoms with Gasteiger partial charge in [-0.1, -0.05) is 59.1 Å². The van der Waals surface area contributed by atoms with Crippen LogP contribution in [0.15, 0.2) is 30.3 Å². The van der Waals surface area contributed by atoms with Crippen molar-refractivity contribution in [3.63, 3.8) is 0 Å². The van der Waals surface area contributed by atoms with E-state index in [2.05, 4.69) is 40.2 Å². The van der Waals surface area contributed by atoms with Crippen molar-refractivity contribution in [1.82, 2.24) is 0 Å². The standard InChI is InChI=1S/C14H19BrO2/c1-12(16)17-11-7-3-6-10-14(15)13-8-4-2-5-9-13/h2,4-5,8-9,14H,3,6-7,10-11H2,1H3. The van der Waals surface area contributed by atoms with Crippen LogP contribution in [0.5, 0.6) is 0 Å². The third-order valence-corrected chi connectivity index (χ3v) is 3.55. The first kappa shape index (κ1) is 14.2. The average molecular weight is 299 g/mol. The van der Waals surface area contributed by atoms with Crippen LogP contribution in [0.4, 0.5) is 0 Å². The van der Waals surface area contributed by atoms with Gasteiger partial charge in [-0.3, -0.25) is 4.79 Å². The number of rotatable bonds is 7. The minimum Gasteiger partial charge on any atom is -0.466 e. The highest BCUT2D eigenvalue weighted by Gasteiger charge is 2.05. The predicted molar refractivity (Wildman–Crippen MR) is 73.2 cm³/mol. The minimum absolute atomic E-state index is 0.187. The highest BCUT2D eigenvalue weighted by atomic mass is 79.9. The van der Waals surface area contributed by atoms with Crippen LogP contribution in [0.2, 0.25) is 0 Å². The lowest BCUT2D eigenvalue weighted by Gasteiger charge is -2.09. The first-order valence-electron chi connectivity index (χ1n) is 6.02. The van der Waals surface area contributed by atoms with Crippen LogP contribution in [-0.2, 0) is 9.53 Å². The topological polar surface area (TPSA) is 26.3 Å². The predicted octanol–water partition coefficient (Wildman–Crippen LogP) is 4.25. The molecule has 0 bridgehead atoms. The Labute approximate surface area is 111 Å². The summed E-state index contributed by atoms with van der Waals surface area (Å²) in [6.07, 6.45) is 4.31. The first-order chi connectivity index (χ1) is 8.20. The number of ether oxygens (including phenoxy) is 1. The molecule has 0 aliphatic rings. The molecule has 0 aromatic heterocycles. The van der Waals surface area contributed by atoms with Crippen LogP contribution in [0.1, 0.15) is 43.0 Å². The van der Waals surface area contributed by atoms with E-state index in [1.54, 1.807) is 0 Å². The molecule has 0 amide bonds. The van der Waals surface area contributed by atoms with Crippen molar-refractivity contribution in [1.29, 1.82) is 0 Å². The third kappa shape index (κ3) is 6.47. The van der Waals surface area contributed by atoms with E-state index in [-0.39, 0.29) is 5.97 Å². The van der Waals surface area contributed by atoms with E-state index in [1.807, 2.05) is 6.07 Å². The van der Waals surface area contributed by atoms with Crippen molar-refractivity contribution >= 4 is 21.9 Å². The molecule has 0 aliphatic heterocycles. The summed E-state index contributed by atoms with van der Waals surface area (Å²) in [6.45, 7) is 2.00. The summed E-state index contributed by atoms with van der Waals surface area (Å²) in [5.41, 5.74) is 1.33. The molecule has 1 rings (SSSR count). The van der Waals surface area contributed by atoms with E-state index in [1.165, 1.54) is 12.5 Å². The Balaban J connectivity index is 2.09. The molecular formula is C14H19BrO2. The number of halogens is 1. The summed E-state index contributed by atoms with van der Waals surface area (Å²) in [4.78, 5) is 11.0. The summed E-state index contributed by atoms with van der Waals surface area (Å²) in [5, 5.41) is 0. The van der Waals surface area contributed by atoms with Gasteiger partial charge in [0.05, 0.1) is 6.61 Å². The van der Waals surface area contributed by atoms with Gasteiger partial charge in [0.1, 0.15) is 0 Å². The Morgan fingerprint density at radius 3 is 2.59 bits per heavy atom. The molecule has 0 heterocycles. The van der Waals surface area contributed by atoms with Crippen LogP contribution in [0.3, 0.4) is 0 Å². The van der Waals surface area contributed by atoms with Crippen molar-refractivity contribution in [3.8, 4) is 0 Å². The molecule has 1 aromatic rings. The second kappa shape index (κ2) is 8.29. The van der Waals surface area contributed by atoms with Crippen molar-refractivity contribution < 1.29 is 9.53 Å². The third-order valence-electron chi connectivity index (χ3n) is 2.57. The Morgan fingerprint density at radius 2 is 1.94 bits per heavy atom. The maximum absolute atomic E-state index is 10.5. The second-order valence-electron chi connectivity index (χ2n) is 4.07. The van der Waals surface area contributed by atoms with Gasteiger partial charge in [-0.25, -0.2) is 0 Å². The van der Waals surface area contributed by atoms with E-state index in [0.29, 0.717) is 11.4 Å². The van der Waals surface area contributed by atoms with E-state index in [4.69, 9.17) is 4.74 Å². The highest BCUT2D eigenvalue weighted by molar-refractivity contribution is 9.09. The maximum atomic E-state index is 10.5. The maximum Gasteiger partial charge on any atom is 0.302 e. The van der Waals surface area contributed by atoms with Gasteiger partial charge in [0, 0.05) is 11.8 Å². The number of esters is 1. The van der Waals surface area contributed by atoms with Crippen LogP contribution in [0, 0.1) is 0 Å². The average Bonchev–Trinajstić information content (AvgIpc) is 2.34. The Hall–Kier alpha value is -0.830. The van der Waals surface area contributed by atoms with Crippen LogP contribution in [-0.4, -0.2) is 12.6 Å². The molecule has 2 nitrogen and oxygen atoms in total. The van der Waals surface area contributed by atoms with Gasteiger partial charge in [0.25, 0.3) is 0 Å². The van der Waals surface area contributed by atoms with E-state index in [9.17, 15) is 4.79 Å². The van der Waals surface area contributed by atoms with Gasteiger partial charge in [-0.2, -0.15) is 0 Å². The quantitative estimate of drug-likeness (QED) is 0.427. The molecule has 1 aromatic carbocycles. The van der Waals surface area contributed by atoms with Gasteiger partial charge in [0.2, 0.25) is 0 Å². The molecule has 0 saturated carbocycles. The number of carbonyl (C=O) groups is 1. The van der Waals surface area contributed by atoms with Gasteiger partial charge in [-0.05, 0) is 18.4 Å². The lowest BCUT2D eigenvalue weighted by molar-refractivity contribution is -0.141. The Kier molecular flexibility index (Phi) is 6.94. The summed E-state index contributed by atoms with van der Waals surface area (Å²) in [7, 11) is 0. The van der Waals surface area contributed by atoms with E-state index < -0.39 is 0 Å². The number of hydrogen-bond donors (Lipinski definition) is 0. The van der Waals surface area contributed by atoms with Crippen LogP contribution < -0.4 is 0 Å². The zero-order valence-electron chi connectivity index (χ0n) is 10.2. The molecule has 0 spiro atoms. The van der Waals surface area contributed by atoms with Crippen LogP contribution >= 0.6 is 15.9 Å². The fourth-order valence-electron chi connectivity index (χ4n) is 1.65. The van der Waals surface area contributed by atoms with Crippen molar-refractivity contribution in [2.75, 3.05) is 6.61 Å². The number of hydrogen-bond acceptors (Lipinski definition) is 2. The molecule has 0 saturated heterocycles. The lowest BCUT2D eigenvalue weighted by atomic mass is 10.1. The number of benzene rings is 1. The first-order valence-corrected chi connectivity index (χ1v) is 6.94. The Bertz CT molecular complexity index is 324. The minimum atomic E-state index is -0.187. The highest BCUT2D eigenvalue weighted by Crippen LogP contribution is 2.28. The fraction of sp³-hybridized carbons (Fsp3) is 0.500. The van der Waals surface area contributed by atoms with Gasteiger partial charge in [-0.15, -0.1) is 0 Å². The zero-order chi connectivity index (χ0) is 12.5. The van der Waals surface area contributed by atoms with E-state index >= 15 is 0 Å². The second-order valence-corrected chi connectivity index (χ2v) is 5.17. The molecule has 0 aliphatic carbocycles. The molecule has 0 fully saturated rings. The smallest absolute Gasteiger partial charge is 0.302 e. The van der Waals surface area contributed by atoms with Crippen molar-refractivity contribution in [3.05, 3.63) is 35.9 Å². The lowest BCUT2D eigenvalue weighted by Crippen LogP contribution is -2.00. The summed E-state index contributed by atoms with van der Waals surface area (Å²) >= 11 is 3.69. The molecule has 0 radical (unpaired) electrons. The van der Waals surface area contributed by atoms with Gasteiger partial charge in [0.15, 0.2) is 0 Å². The molecular weight excluding hydrogens is 280 g/mol. The monoisotopic (exact) mass is 298 g/mol.